The van der Waals surface area contributed by atoms with Crippen LogP contribution in [0.2, 0.25) is 0 Å². The Morgan fingerprint density at radius 2 is 1.93 bits per heavy atom. The second kappa shape index (κ2) is 7.05. The van der Waals surface area contributed by atoms with E-state index in [4.69, 9.17) is 4.98 Å². The van der Waals surface area contributed by atoms with Crippen molar-refractivity contribution in [1.82, 2.24) is 29.5 Å². The Balaban J connectivity index is 1.51. The number of nitrogens with zero attached hydrogens (tertiary/aromatic N) is 5. The molecule has 7 nitrogen and oxygen atoms in total. The fourth-order valence-corrected chi connectivity index (χ4v) is 4.51. The van der Waals surface area contributed by atoms with E-state index in [1.807, 2.05) is 55.8 Å². The van der Waals surface area contributed by atoms with Crippen molar-refractivity contribution >= 4 is 16.9 Å². The van der Waals surface area contributed by atoms with Crippen molar-refractivity contribution in [1.29, 1.82) is 0 Å². The Bertz CT molecular complexity index is 1030. The van der Waals surface area contributed by atoms with Crippen LogP contribution in [0.5, 0.6) is 0 Å². The molecule has 1 aliphatic rings. The van der Waals surface area contributed by atoms with E-state index in [1.165, 1.54) is 5.56 Å². The molecule has 2 atom stereocenters. The third-order valence-corrected chi connectivity index (χ3v) is 6.12. The normalized spacial score (nSPS) is 19.9. The minimum Gasteiger partial charge on any atom is -0.338 e. The predicted molar refractivity (Wildman–Crippen MR) is 109 cm³/mol. The van der Waals surface area contributed by atoms with Crippen LogP contribution in [-0.2, 0) is 25.4 Å². The summed E-state index contributed by atoms with van der Waals surface area (Å²) in [7, 11) is 5.91. The van der Waals surface area contributed by atoms with E-state index in [9.17, 15) is 4.79 Å². The average molecular weight is 380 g/mol. The molecular formula is C21H28N6O. The first-order valence-electron chi connectivity index (χ1n) is 9.75. The summed E-state index contributed by atoms with van der Waals surface area (Å²) < 4.78 is 4.03. The number of aryl methyl sites for hydroxylation is 3. The highest BCUT2D eigenvalue weighted by atomic mass is 16.2. The van der Waals surface area contributed by atoms with Crippen LogP contribution in [0.3, 0.4) is 0 Å². The van der Waals surface area contributed by atoms with Gasteiger partial charge in [-0.25, -0.2) is 4.98 Å². The Labute approximate surface area is 165 Å². The van der Waals surface area contributed by atoms with E-state index in [1.54, 1.807) is 0 Å². The summed E-state index contributed by atoms with van der Waals surface area (Å²) in [5, 5.41) is 8.10. The van der Waals surface area contributed by atoms with Crippen LogP contribution < -0.4 is 5.32 Å². The molecule has 2 aromatic heterocycles. The lowest BCUT2D eigenvalue weighted by Gasteiger charge is -2.26. The molecule has 0 bridgehead atoms. The number of hydrogen-bond acceptors (Lipinski definition) is 4. The van der Waals surface area contributed by atoms with Gasteiger partial charge in [-0.2, -0.15) is 5.10 Å². The maximum atomic E-state index is 12.5. The number of likely N-dealkylation sites (tertiary alicyclic amines) is 1. The minimum atomic E-state index is 0.0640. The van der Waals surface area contributed by atoms with Crippen LogP contribution in [0.25, 0.3) is 11.0 Å². The fraction of sp³-hybridized carbons (Fsp3) is 0.476. The Morgan fingerprint density at radius 3 is 2.61 bits per heavy atom. The second-order valence-electron chi connectivity index (χ2n) is 7.83. The molecule has 1 amide bonds. The van der Waals surface area contributed by atoms with E-state index < -0.39 is 0 Å². The van der Waals surface area contributed by atoms with Crippen LogP contribution in [0.4, 0.5) is 0 Å². The number of carbonyl (C=O) groups is 1. The zero-order valence-electron chi connectivity index (χ0n) is 17.2. The smallest absolute Gasteiger partial charge is 0.223 e. The molecule has 3 heterocycles. The van der Waals surface area contributed by atoms with Gasteiger partial charge in [-0.3, -0.25) is 9.48 Å². The average Bonchev–Trinajstić information content (AvgIpc) is 3.22. The summed E-state index contributed by atoms with van der Waals surface area (Å²) in [5.74, 6) is 1.42. The van der Waals surface area contributed by atoms with Crippen LogP contribution >= 0.6 is 0 Å². The summed E-state index contributed by atoms with van der Waals surface area (Å²) in [6.07, 6.45) is 0.560. The van der Waals surface area contributed by atoms with Crippen molar-refractivity contribution in [3.05, 3.63) is 47.0 Å². The number of fused-ring (bicyclic) bond motifs is 1. The monoisotopic (exact) mass is 380 g/mol. The van der Waals surface area contributed by atoms with Gasteiger partial charge in [0.1, 0.15) is 5.82 Å². The number of aromatic nitrogens is 4. The molecular weight excluding hydrogens is 352 g/mol. The number of amides is 1. The molecule has 4 rings (SSSR count). The van der Waals surface area contributed by atoms with Crippen LogP contribution in [0, 0.1) is 19.8 Å². The first kappa shape index (κ1) is 18.7. The number of para-hydroxylation sites is 2. The summed E-state index contributed by atoms with van der Waals surface area (Å²) in [5.41, 5.74) is 5.47. The Hall–Kier alpha value is -2.67. The third-order valence-electron chi connectivity index (χ3n) is 6.12. The van der Waals surface area contributed by atoms with Gasteiger partial charge in [-0.15, -0.1) is 0 Å². The highest BCUT2D eigenvalue weighted by Crippen LogP contribution is 2.39. The van der Waals surface area contributed by atoms with Crippen LogP contribution in [0.15, 0.2) is 24.3 Å². The van der Waals surface area contributed by atoms with Crippen molar-refractivity contribution in [2.45, 2.75) is 32.9 Å². The van der Waals surface area contributed by atoms with Crippen molar-refractivity contribution in [3.63, 3.8) is 0 Å². The zero-order valence-corrected chi connectivity index (χ0v) is 17.2. The minimum absolute atomic E-state index is 0.0640. The maximum Gasteiger partial charge on any atom is 0.223 e. The van der Waals surface area contributed by atoms with E-state index in [0.29, 0.717) is 13.0 Å². The lowest BCUT2D eigenvalue weighted by Crippen LogP contribution is -2.30. The standard InChI is InChI=1S/C21H28N6O/c1-13-20(14(2)27(5)24-13)21-15(10-19(28)26(21)4)11-22-12-18-23-16-8-6-7-9-17(16)25(18)3/h6-9,15,21-22H,10-12H2,1-5H3/t15-,21+/m0/s1. The van der Waals surface area contributed by atoms with Crippen molar-refractivity contribution in [2.75, 3.05) is 13.6 Å². The highest BCUT2D eigenvalue weighted by Gasteiger charge is 2.40. The van der Waals surface area contributed by atoms with Gasteiger partial charge >= 0.3 is 0 Å². The molecule has 1 saturated heterocycles. The Kier molecular flexibility index (Phi) is 4.71. The summed E-state index contributed by atoms with van der Waals surface area (Å²) >= 11 is 0. The first-order valence-corrected chi connectivity index (χ1v) is 9.75. The fourth-order valence-electron chi connectivity index (χ4n) is 4.51. The number of rotatable bonds is 5. The molecule has 1 N–H and O–H groups in total. The maximum absolute atomic E-state index is 12.5. The van der Waals surface area contributed by atoms with Gasteiger partial charge in [0.2, 0.25) is 5.91 Å². The van der Waals surface area contributed by atoms with Crippen LogP contribution in [-0.4, -0.2) is 43.7 Å². The molecule has 1 fully saturated rings. The van der Waals surface area contributed by atoms with E-state index >= 15 is 0 Å². The Morgan fingerprint density at radius 1 is 1.18 bits per heavy atom. The van der Waals surface area contributed by atoms with Crippen LogP contribution in [0.1, 0.15) is 35.2 Å². The molecule has 148 valence electrons. The second-order valence-corrected chi connectivity index (χ2v) is 7.83. The van der Waals surface area contributed by atoms with Gasteiger partial charge in [0.15, 0.2) is 0 Å². The summed E-state index contributed by atoms with van der Waals surface area (Å²) in [6.45, 7) is 5.55. The summed E-state index contributed by atoms with van der Waals surface area (Å²) in [4.78, 5) is 19.1. The zero-order chi connectivity index (χ0) is 20.0. The summed E-state index contributed by atoms with van der Waals surface area (Å²) in [6, 6.07) is 8.22. The van der Waals surface area contributed by atoms with Gasteiger partial charge < -0.3 is 14.8 Å². The molecule has 0 saturated carbocycles. The van der Waals surface area contributed by atoms with Gasteiger partial charge in [-0.1, -0.05) is 12.1 Å². The molecule has 0 radical (unpaired) electrons. The number of nitrogens with one attached hydrogen (secondary N) is 1. The van der Waals surface area contributed by atoms with Gasteiger partial charge in [-0.05, 0) is 26.0 Å². The number of benzene rings is 1. The van der Waals surface area contributed by atoms with Crippen molar-refractivity contribution in [2.24, 2.45) is 20.0 Å². The highest BCUT2D eigenvalue weighted by molar-refractivity contribution is 5.79. The first-order chi connectivity index (χ1) is 13.4. The topological polar surface area (TPSA) is 68.0 Å². The lowest BCUT2D eigenvalue weighted by atomic mass is 9.92. The molecule has 0 spiro atoms. The molecule has 0 aliphatic carbocycles. The van der Waals surface area contributed by atoms with Gasteiger partial charge in [0.25, 0.3) is 0 Å². The SMILES string of the molecule is Cc1nn(C)c(C)c1[C@H]1[C@H](CNCc2nc3ccccc3n2C)CC(=O)N1C. The quantitative estimate of drug-likeness (QED) is 0.737. The van der Waals surface area contributed by atoms with E-state index in [0.717, 1.165) is 34.8 Å². The molecule has 1 aliphatic heterocycles. The largest absolute Gasteiger partial charge is 0.338 e. The molecule has 1 aromatic carbocycles. The number of carbonyl (C=O) groups excluding carboxylic acids is 1. The van der Waals surface area contributed by atoms with E-state index in [2.05, 4.69) is 28.0 Å². The van der Waals surface area contributed by atoms with Crippen molar-refractivity contribution < 1.29 is 4.79 Å². The number of imidazole rings is 1. The third kappa shape index (κ3) is 2.99. The molecule has 7 heteroatoms. The molecule has 28 heavy (non-hydrogen) atoms. The van der Waals surface area contributed by atoms with Crippen molar-refractivity contribution in [3.8, 4) is 0 Å². The lowest BCUT2D eigenvalue weighted by molar-refractivity contribution is -0.127. The van der Waals surface area contributed by atoms with E-state index in [-0.39, 0.29) is 17.9 Å². The van der Waals surface area contributed by atoms with Gasteiger partial charge in [0.05, 0.1) is 29.3 Å². The molecule has 0 unspecified atom stereocenters. The predicted octanol–water partition coefficient (Wildman–Crippen LogP) is 2.23. The van der Waals surface area contributed by atoms with Gasteiger partial charge in [0, 0.05) is 51.3 Å². The number of hydrogen-bond donors (Lipinski definition) is 1. The molecule has 3 aromatic rings.